The van der Waals surface area contributed by atoms with Gasteiger partial charge >= 0.3 is 0 Å². The lowest BCUT2D eigenvalue weighted by Gasteiger charge is -2.08. The molecule has 0 saturated carbocycles. The summed E-state index contributed by atoms with van der Waals surface area (Å²) in [6.45, 7) is 3.96. The quantitative estimate of drug-likeness (QED) is 0.685. The first kappa shape index (κ1) is 16.0. The van der Waals surface area contributed by atoms with Gasteiger partial charge in [-0.1, -0.05) is 11.6 Å². The van der Waals surface area contributed by atoms with Gasteiger partial charge in [-0.15, -0.1) is 0 Å². The molecule has 22 heavy (non-hydrogen) atoms. The lowest BCUT2D eigenvalue weighted by molar-refractivity contribution is -0.111. The number of anilines is 1. The summed E-state index contributed by atoms with van der Waals surface area (Å²) in [7, 11) is 1.64. The Labute approximate surface area is 134 Å². The van der Waals surface area contributed by atoms with Gasteiger partial charge in [0.15, 0.2) is 0 Å². The van der Waals surface area contributed by atoms with Crippen molar-refractivity contribution >= 4 is 29.3 Å². The van der Waals surface area contributed by atoms with Gasteiger partial charge in [0.2, 0.25) is 5.91 Å². The van der Waals surface area contributed by atoms with Gasteiger partial charge in [0.1, 0.15) is 10.9 Å². The molecule has 0 saturated heterocycles. The predicted octanol–water partition coefficient (Wildman–Crippen LogP) is 4.01. The van der Waals surface area contributed by atoms with Crippen molar-refractivity contribution in [2.75, 3.05) is 12.4 Å². The summed E-state index contributed by atoms with van der Waals surface area (Å²) in [5.41, 5.74) is 3.71. The molecule has 0 radical (unpaired) electrons. The monoisotopic (exact) mass is 316 g/mol. The minimum Gasteiger partial charge on any atom is -0.497 e. The molecule has 0 atom stereocenters. The molecule has 0 aliphatic carbocycles. The van der Waals surface area contributed by atoms with Gasteiger partial charge in [-0.25, -0.2) is 4.98 Å². The molecule has 2 aromatic rings. The Kier molecular flexibility index (Phi) is 5.17. The maximum Gasteiger partial charge on any atom is 0.248 e. The van der Waals surface area contributed by atoms with E-state index in [1.54, 1.807) is 31.5 Å². The highest BCUT2D eigenvalue weighted by molar-refractivity contribution is 6.29. The number of rotatable bonds is 4. The summed E-state index contributed by atoms with van der Waals surface area (Å²) in [5, 5.41) is 3.08. The zero-order valence-electron chi connectivity index (χ0n) is 12.7. The van der Waals surface area contributed by atoms with Crippen LogP contribution in [0.2, 0.25) is 5.15 Å². The van der Waals surface area contributed by atoms with E-state index in [0.29, 0.717) is 10.8 Å². The van der Waals surface area contributed by atoms with Crippen molar-refractivity contribution in [3.8, 4) is 5.75 Å². The second-order valence-corrected chi connectivity index (χ2v) is 5.25. The standard InChI is InChI=1S/C17H17ClN2O2/c1-11-8-14(22-3)9-12(2)15(11)4-5-17(21)20-13-6-7-19-16(18)10-13/h4-10H,1-3H3,(H,19,20,21)/b5-4+. The molecule has 5 heteroatoms. The number of carbonyl (C=O) groups excluding carboxylic acids is 1. The van der Waals surface area contributed by atoms with Crippen LogP contribution in [0, 0.1) is 13.8 Å². The van der Waals surface area contributed by atoms with Crippen LogP contribution in [0.4, 0.5) is 5.69 Å². The summed E-state index contributed by atoms with van der Waals surface area (Å²) >= 11 is 5.78. The van der Waals surface area contributed by atoms with Crippen LogP contribution in [0.1, 0.15) is 16.7 Å². The van der Waals surface area contributed by atoms with Gasteiger partial charge in [-0.05, 0) is 60.9 Å². The van der Waals surface area contributed by atoms with Crippen molar-refractivity contribution in [3.63, 3.8) is 0 Å². The SMILES string of the molecule is COc1cc(C)c(/C=C/C(=O)Nc2ccnc(Cl)c2)c(C)c1. The van der Waals surface area contributed by atoms with Crippen LogP contribution in [0.15, 0.2) is 36.5 Å². The van der Waals surface area contributed by atoms with Gasteiger partial charge in [0.25, 0.3) is 0 Å². The minimum absolute atomic E-state index is 0.225. The smallest absolute Gasteiger partial charge is 0.248 e. The molecule has 0 aliphatic heterocycles. The van der Waals surface area contributed by atoms with Crippen LogP contribution >= 0.6 is 11.6 Å². The number of amides is 1. The zero-order chi connectivity index (χ0) is 16.1. The van der Waals surface area contributed by atoms with Crippen molar-refractivity contribution in [2.24, 2.45) is 0 Å². The Morgan fingerprint density at radius 1 is 1.27 bits per heavy atom. The summed E-state index contributed by atoms with van der Waals surface area (Å²) in [5.74, 6) is 0.583. The van der Waals surface area contributed by atoms with E-state index >= 15 is 0 Å². The molecule has 0 aliphatic rings. The number of nitrogens with zero attached hydrogens (tertiary/aromatic N) is 1. The first-order valence-corrected chi connectivity index (χ1v) is 7.13. The van der Waals surface area contributed by atoms with E-state index in [1.807, 2.05) is 26.0 Å². The van der Waals surface area contributed by atoms with Crippen molar-refractivity contribution in [3.05, 3.63) is 58.4 Å². The maximum atomic E-state index is 12.0. The van der Waals surface area contributed by atoms with E-state index in [4.69, 9.17) is 16.3 Å². The van der Waals surface area contributed by atoms with Crippen molar-refractivity contribution in [2.45, 2.75) is 13.8 Å². The van der Waals surface area contributed by atoms with Gasteiger partial charge < -0.3 is 10.1 Å². The van der Waals surface area contributed by atoms with Crippen LogP contribution in [0.25, 0.3) is 6.08 Å². The Hall–Kier alpha value is -2.33. The van der Waals surface area contributed by atoms with E-state index < -0.39 is 0 Å². The first-order chi connectivity index (χ1) is 10.5. The molecule has 1 heterocycles. The molecule has 1 aromatic heterocycles. The molecule has 0 fully saturated rings. The van der Waals surface area contributed by atoms with Gasteiger partial charge in [-0.3, -0.25) is 4.79 Å². The third kappa shape index (κ3) is 4.09. The highest BCUT2D eigenvalue weighted by Crippen LogP contribution is 2.22. The molecule has 4 nitrogen and oxygen atoms in total. The van der Waals surface area contributed by atoms with Gasteiger partial charge in [-0.2, -0.15) is 0 Å². The van der Waals surface area contributed by atoms with E-state index in [-0.39, 0.29) is 5.91 Å². The number of pyridine rings is 1. The lowest BCUT2D eigenvalue weighted by Crippen LogP contribution is -2.07. The fourth-order valence-corrected chi connectivity index (χ4v) is 2.31. The Balaban J connectivity index is 2.13. The number of hydrogen-bond acceptors (Lipinski definition) is 3. The van der Waals surface area contributed by atoms with Crippen LogP contribution in [-0.2, 0) is 4.79 Å². The van der Waals surface area contributed by atoms with Crippen LogP contribution in [0.3, 0.4) is 0 Å². The molecule has 2 rings (SSSR count). The Morgan fingerprint density at radius 2 is 1.95 bits per heavy atom. The second-order valence-electron chi connectivity index (χ2n) is 4.86. The summed E-state index contributed by atoms with van der Waals surface area (Å²) in [4.78, 5) is 15.8. The van der Waals surface area contributed by atoms with Gasteiger partial charge in [0.05, 0.1) is 7.11 Å². The molecule has 0 bridgehead atoms. The minimum atomic E-state index is -0.225. The average molecular weight is 317 g/mol. The normalized spacial score (nSPS) is 10.7. The molecule has 1 amide bonds. The largest absolute Gasteiger partial charge is 0.497 e. The topological polar surface area (TPSA) is 51.2 Å². The lowest BCUT2D eigenvalue weighted by atomic mass is 10.0. The summed E-state index contributed by atoms with van der Waals surface area (Å²) < 4.78 is 5.22. The number of nitrogens with one attached hydrogen (secondary N) is 1. The van der Waals surface area contributed by atoms with E-state index in [1.165, 1.54) is 6.08 Å². The molecule has 0 unspecified atom stereocenters. The fourth-order valence-electron chi connectivity index (χ4n) is 2.14. The first-order valence-electron chi connectivity index (χ1n) is 6.75. The molecular formula is C17H17ClN2O2. The maximum absolute atomic E-state index is 12.0. The predicted molar refractivity (Wildman–Crippen MR) is 89.4 cm³/mol. The highest BCUT2D eigenvalue weighted by Gasteiger charge is 2.04. The number of carbonyl (C=O) groups is 1. The molecule has 1 N–H and O–H groups in total. The fraction of sp³-hybridized carbons (Fsp3) is 0.176. The van der Waals surface area contributed by atoms with Crippen LogP contribution < -0.4 is 10.1 Å². The summed E-state index contributed by atoms with van der Waals surface area (Å²) in [6.07, 6.45) is 4.83. The van der Waals surface area contributed by atoms with E-state index in [0.717, 1.165) is 22.4 Å². The number of hydrogen-bond donors (Lipinski definition) is 1. The molecular weight excluding hydrogens is 300 g/mol. The van der Waals surface area contributed by atoms with Crippen molar-refractivity contribution in [1.82, 2.24) is 4.98 Å². The van der Waals surface area contributed by atoms with Crippen molar-refractivity contribution < 1.29 is 9.53 Å². The van der Waals surface area contributed by atoms with Gasteiger partial charge in [0, 0.05) is 18.0 Å². The number of aryl methyl sites for hydroxylation is 2. The third-order valence-electron chi connectivity index (χ3n) is 3.20. The van der Waals surface area contributed by atoms with E-state index in [2.05, 4.69) is 10.3 Å². The summed E-state index contributed by atoms with van der Waals surface area (Å²) in [6, 6.07) is 7.15. The third-order valence-corrected chi connectivity index (χ3v) is 3.41. The number of halogens is 1. The zero-order valence-corrected chi connectivity index (χ0v) is 13.4. The van der Waals surface area contributed by atoms with Crippen molar-refractivity contribution in [1.29, 1.82) is 0 Å². The number of benzene rings is 1. The highest BCUT2D eigenvalue weighted by atomic mass is 35.5. The Bertz CT molecular complexity index is 703. The average Bonchev–Trinajstić information content (AvgIpc) is 2.46. The second kappa shape index (κ2) is 7.09. The van der Waals surface area contributed by atoms with Crippen LogP contribution in [0.5, 0.6) is 5.75 Å². The number of ether oxygens (including phenoxy) is 1. The number of methoxy groups -OCH3 is 1. The van der Waals surface area contributed by atoms with E-state index in [9.17, 15) is 4.79 Å². The molecule has 1 aromatic carbocycles. The number of aromatic nitrogens is 1. The molecule has 114 valence electrons. The molecule has 0 spiro atoms. The Morgan fingerprint density at radius 3 is 2.55 bits per heavy atom. The van der Waals surface area contributed by atoms with Crippen LogP contribution in [-0.4, -0.2) is 18.0 Å².